The molecule has 0 amide bonds. The number of likely N-dealkylation sites (tertiary alicyclic amines) is 1. The summed E-state index contributed by atoms with van der Waals surface area (Å²) in [6, 6.07) is 5.21. The quantitative estimate of drug-likeness (QED) is 0.823. The Balaban J connectivity index is 1.90. The lowest BCUT2D eigenvalue weighted by atomic mass is 10.1. The second kappa shape index (κ2) is 7.02. The van der Waals surface area contributed by atoms with Crippen molar-refractivity contribution in [3.05, 3.63) is 29.8 Å². The number of nitrogens with one attached hydrogen (secondary N) is 1. The zero-order chi connectivity index (χ0) is 15.3. The molecule has 0 aliphatic carbocycles. The van der Waals surface area contributed by atoms with Gasteiger partial charge in [-0.05, 0) is 50.2 Å². The molecule has 0 aromatic heterocycles. The van der Waals surface area contributed by atoms with Gasteiger partial charge in [-0.25, -0.2) is 17.9 Å². The summed E-state index contributed by atoms with van der Waals surface area (Å²) in [7, 11) is -3.57. The number of aromatic carboxylic acids is 1. The van der Waals surface area contributed by atoms with Crippen LogP contribution in [0.3, 0.4) is 0 Å². The maximum atomic E-state index is 12.1. The highest BCUT2D eigenvalue weighted by Crippen LogP contribution is 2.11. The standard InChI is InChI=1S/C14H20N2O4S/c17-14(18)12-4-6-13(7-5-12)21(19,20)15-8-11-16-9-2-1-3-10-16/h4-7,15H,1-3,8-11H2,(H,17,18). The van der Waals surface area contributed by atoms with Gasteiger partial charge in [0.05, 0.1) is 10.5 Å². The van der Waals surface area contributed by atoms with Gasteiger partial charge in [0.1, 0.15) is 0 Å². The minimum Gasteiger partial charge on any atom is -0.478 e. The summed E-state index contributed by atoms with van der Waals surface area (Å²) in [6.07, 6.45) is 3.59. The summed E-state index contributed by atoms with van der Waals surface area (Å²) < 4.78 is 26.7. The fourth-order valence-corrected chi connectivity index (χ4v) is 3.40. The molecule has 1 aromatic carbocycles. The van der Waals surface area contributed by atoms with Gasteiger partial charge in [-0.2, -0.15) is 0 Å². The zero-order valence-corrected chi connectivity index (χ0v) is 12.6. The normalized spacial score (nSPS) is 16.8. The number of carboxylic acids is 1. The molecule has 1 aliphatic heterocycles. The molecule has 116 valence electrons. The summed E-state index contributed by atoms with van der Waals surface area (Å²) in [5.74, 6) is -1.07. The molecule has 1 aliphatic rings. The van der Waals surface area contributed by atoms with Crippen LogP contribution in [-0.2, 0) is 10.0 Å². The van der Waals surface area contributed by atoms with E-state index in [1.165, 1.54) is 43.5 Å². The summed E-state index contributed by atoms with van der Waals surface area (Å²) in [4.78, 5) is 13.1. The topological polar surface area (TPSA) is 86.7 Å². The Hall–Kier alpha value is -1.44. The van der Waals surface area contributed by atoms with Crippen molar-refractivity contribution < 1.29 is 18.3 Å². The highest BCUT2D eigenvalue weighted by atomic mass is 32.2. The van der Waals surface area contributed by atoms with Crippen LogP contribution in [0.25, 0.3) is 0 Å². The molecule has 7 heteroatoms. The number of carboxylic acid groups (broad SMARTS) is 1. The van der Waals surface area contributed by atoms with E-state index in [1.54, 1.807) is 0 Å². The zero-order valence-electron chi connectivity index (χ0n) is 11.8. The fourth-order valence-electron chi connectivity index (χ4n) is 2.38. The Morgan fingerprint density at radius 1 is 1.14 bits per heavy atom. The Labute approximate surface area is 124 Å². The lowest BCUT2D eigenvalue weighted by Gasteiger charge is -2.26. The van der Waals surface area contributed by atoms with Crippen LogP contribution in [0.5, 0.6) is 0 Å². The number of hydrogen-bond acceptors (Lipinski definition) is 4. The SMILES string of the molecule is O=C(O)c1ccc(S(=O)(=O)NCCN2CCCCC2)cc1. The van der Waals surface area contributed by atoms with E-state index in [-0.39, 0.29) is 10.5 Å². The van der Waals surface area contributed by atoms with E-state index in [0.717, 1.165) is 13.1 Å². The van der Waals surface area contributed by atoms with Gasteiger partial charge in [0.15, 0.2) is 0 Å². The van der Waals surface area contributed by atoms with Crippen molar-refractivity contribution in [2.75, 3.05) is 26.2 Å². The van der Waals surface area contributed by atoms with Crippen molar-refractivity contribution in [1.29, 1.82) is 0 Å². The van der Waals surface area contributed by atoms with E-state index in [1.807, 2.05) is 0 Å². The fraction of sp³-hybridized carbons (Fsp3) is 0.500. The smallest absolute Gasteiger partial charge is 0.335 e. The first kappa shape index (κ1) is 15.9. The number of carbonyl (C=O) groups is 1. The summed E-state index contributed by atoms with van der Waals surface area (Å²) in [6.45, 7) is 3.11. The van der Waals surface area contributed by atoms with Crippen LogP contribution in [-0.4, -0.2) is 50.6 Å². The number of hydrogen-bond donors (Lipinski definition) is 2. The van der Waals surface area contributed by atoms with Gasteiger partial charge >= 0.3 is 5.97 Å². The highest BCUT2D eigenvalue weighted by molar-refractivity contribution is 7.89. The molecule has 21 heavy (non-hydrogen) atoms. The van der Waals surface area contributed by atoms with Crippen molar-refractivity contribution in [2.45, 2.75) is 24.2 Å². The summed E-state index contributed by atoms with van der Waals surface area (Å²) in [5.41, 5.74) is 0.0715. The van der Waals surface area contributed by atoms with Gasteiger partial charge < -0.3 is 10.0 Å². The van der Waals surface area contributed by atoms with E-state index in [0.29, 0.717) is 13.1 Å². The van der Waals surface area contributed by atoms with E-state index in [9.17, 15) is 13.2 Å². The van der Waals surface area contributed by atoms with Gasteiger partial charge in [0, 0.05) is 13.1 Å². The molecule has 0 radical (unpaired) electrons. The van der Waals surface area contributed by atoms with Gasteiger partial charge in [-0.3, -0.25) is 0 Å². The van der Waals surface area contributed by atoms with Crippen molar-refractivity contribution in [2.24, 2.45) is 0 Å². The van der Waals surface area contributed by atoms with Crippen LogP contribution in [0, 0.1) is 0 Å². The maximum absolute atomic E-state index is 12.1. The Bertz CT molecular complexity index is 577. The molecule has 2 rings (SSSR count). The number of sulfonamides is 1. The Morgan fingerprint density at radius 2 is 1.76 bits per heavy atom. The molecule has 1 saturated heterocycles. The second-order valence-corrected chi connectivity index (χ2v) is 6.90. The first-order chi connectivity index (χ1) is 9.99. The largest absolute Gasteiger partial charge is 0.478 e. The average molecular weight is 312 g/mol. The Kier molecular flexibility index (Phi) is 5.33. The van der Waals surface area contributed by atoms with Gasteiger partial charge in [-0.15, -0.1) is 0 Å². The van der Waals surface area contributed by atoms with E-state index in [2.05, 4.69) is 9.62 Å². The van der Waals surface area contributed by atoms with E-state index >= 15 is 0 Å². The van der Waals surface area contributed by atoms with Gasteiger partial charge in [-0.1, -0.05) is 6.42 Å². The highest BCUT2D eigenvalue weighted by Gasteiger charge is 2.16. The van der Waals surface area contributed by atoms with Crippen molar-refractivity contribution in [3.8, 4) is 0 Å². The van der Waals surface area contributed by atoms with Crippen LogP contribution >= 0.6 is 0 Å². The molecule has 0 bridgehead atoms. The number of rotatable bonds is 6. The monoisotopic (exact) mass is 312 g/mol. The molecule has 0 unspecified atom stereocenters. The molecule has 0 atom stereocenters. The molecule has 1 aromatic rings. The predicted molar refractivity (Wildman–Crippen MR) is 78.9 cm³/mol. The summed E-state index contributed by atoms with van der Waals surface area (Å²) >= 11 is 0. The van der Waals surface area contributed by atoms with Crippen LogP contribution in [0.15, 0.2) is 29.2 Å². The van der Waals surface area contributed by atoms with Crippen LogP contribution in [0.1, 0.15) is 29.6 Å². The third-order valence-corrected chi connectivity index (χ3v) is 5.06. The predicted octanol–water partition coefficient (Wildman–Crippen LogP) is 1.15. The molecule has 2 N–H and O–H groups in total. The van der Waals surface area contributed by atoms with Crippen molar-refractivity contribution in [1.82, 2.24) is 9.62 Å². The second-order valence-electron chi connectivity index (χ2n) is 5.13. The molecule has 0 saturated carbocycles. The molecule has 1 heterocycles. The molecule has 1 fully saturated rings. The Morgan fingerprint density at radius 3 is 2.33 bits per heavy atom. The van der Waals surface area contributed by atoms with Crippen molar-refractivity contribution >= 4 is 16.0 Å². The van der Waals surface area contributed by atoms with E-state index < -0.39 is 16.0 Å². The third-order valence-electron chi connectivity index (χ3n) is 3.58. The number of benzene rings is 1. The minimum atomic E-state index is -3.57. The number of piperidine rings is 1. The number of nitrogens with zero attached hydrogens (tertiary/aromatic N) is 1. The lowest BCUT2D eigenvalue weighted by molar-refractivity contribution is 0.0696. The minimum absolute atomic E-state index is 0.0715. The third kappa shape index (κ3) is 4.52. The molecular weight excluding hydrogens is 292 g/mol. The molecular formula is C14H20N2O4S. The first-order valence-corrected chi connectivity index (χ1v) is 8.53. The molecule has 6 nitrogen and oxygen atoms in total. The summed E-state index contributed by atoms with van der Waals surface area (Å²) in [5, 5.41) is 8.79. The maximum Gasteiger partial charge on any atom is 0.335 e. The van der Waals surface area contributed by atoms with Crippen LogP contribution < -0.4 is 4.72 Å². The van der Waals surface area contributed by atoms with Gasteiger partial charge in [0.2, 0.25) is 10.0 Å². The lowest BCUT2D eigenvalue weighted by Crippen LogP contribution is -2.37. The van der Waals surface area contributed by atoms with Crippen molar-refractivity contribution in [3.63, 3.8) is 0 Å². The molecule has 0 spiro atoms. The van der Waals surface area contributed by atoms with E-state index in [4.69, 9.17) is 5.11 Å². The van der Waals surface area contributed by atoms with Gasteiger partial charge in [0.25, 0.3) is 0 Å². The average Bonchev–Trinajstić information content (AvgIpc) is 2.48. The van der Waals surface area contributed by atoms with Crippen LogP contribution in [0.2, 0.25) is 0 Å². The van der Waals surface area contributed by atoms with Crippen LogP contribution in [0.4, 0.5) is 0 Å². The first-order valence-electron chi connectivity index (χ1n) is 7.04.